The number of nitrogens with zero attached hydrogens (tertiary/aromatic N) is 11. The molecule has 2 saturated heterocycles. The average molecular weight is 1670 g/mol. The molecule has 0 saturated carbocycles. The minimum absolute atomic E-state index is 0.0249. The highest BCUT2D eigenvalue weighted by Crippen LogP contribution is 2.57. The summed E-state index contributed by atoms with van der Waals surface area (Å²) in [7, 11) is -1.89. The second kappa shape index (κ2) is 40.5. The normalized spacial score (nSPS) is 17.9. The number of methoxy groups -OCH3 is 2. The van der Waals surface area contributed by atoms with E-state index in [0.717, 1.165) is 39.8 Å². The number of aromatic nitrogens is 8. The maximum absolute atomic E-state index is 16.2. The minimum Gasteiger partial charge on any atom is -0.497 e. The number of benzene rings is 6. The van der Waals surface area contributed by atoms with Crippen LogP contribution in [0, 0.1) is 40.4 Å². The van der Waals surface area contributed by atoms with Crippen LogP contribution in [0.2, 0.25) is 0 Å². The molecule has 8 atom stereocenters. The number of rotatable bonds is 41. The van der Waals surface area contributed by atoms with Crippen molar-refractivity contribution in [3.8, 4) is 34.8 Å². The van der Waals surface area contributed by atoms with E-state index in [2.05, 4.69) is 109 Å². The number of carbonyl (C=O) groups is 4. The van der Waals surface area contributed by atoms with Crippen LogP contribution < -0.4 is 20.1 Å². The van der Waals surface area contributed by atoms with Crippen molar-refractivity contribution < 1.29 is 74.8 Å². The van der Waals surface area contributed by atoms with Gasteiger partial charge in [-0.15, -0.1) is 0 Å². The van der Waals surface area contributed by atoms with Crippen molar-refractivity contribution >= 4 is 73.9 Å². The van der Waals surface area contributed by atoms with Crippen LogP contribution in [0.3, 0.4) is 0 Å². The Kier molecular flexibility index (Phi) is 29.4. The first-order valence-electron chi connectivity index (χ1n) is 40.5. The Hall–Kier alpha value is -10.8. The Morgan fingerprint density at radius 2 is 1.18 bits per heavy atom. The molecule has 4 aromatic heterocycles. The molecule has 3 amide bonds. The SMILES string of the molecule is COc1ccc(C(OC[C@H]2O[C@@H](n3cnc4c(NC(=O)c5ccc(CCC(=O)CCC(C)C)cc5)ncnc43)C[C@H]2OP(=O)(OCCC#N)OC[C@H]2O[C@@H](n3cnc4c(NC(=O)CCCN(C)C(=O)OCC5c6ccccc6-c6ccccc65)ncnc43)C[C@H]2OP(OCCC#N)C(C(C)C)C(C)C)(c2ccccc2)c2ccc(OC)cc2)cc1. The van der Waals surface area contributed by atoms with Crippen LogP contribution in [0.1, 0.15) is 161 Å². The maximum Gasteiger partial charge on any atom is 0.475 e. The van der Waals surface area contributed by atoms with E-state index in [1.54, 1.807) is 42.5 Å². The summed E-state index contributed by atoms with van der Waals surface area (Å²) in [5.74, 6) is 1.23. The molecular weight excluding hydrogens is 1570 g/mol. The predicted molar refractivity (Wildman–Crippen MR) is 449 cm³/mol. The summed E-state index contributed by atoms with van der Waals surface area (Å²) in [5.41, 5.74) is 7.35. The van der Waals surface area contributed by atoms with Crippen molar-refractivity contribution in [1.29, 1.82) is 10.5 Å². The first-order chi connectivity index (χ1) is 58.2. The van der Waals surface area contributed by atoms with Crippen LogP contribution >= 0.6 is 16.2 Å². The molecule has 1 aliphatic carbocycles. The summed E-state index contributed by atoms with van der Waals surface area (Å²) in [6.07, 6.45) is 1.51. The number of ether oxygens (including phenoxy) is 6. The van der Waals surface area contributed by atoms with Crippen molar-refractivity contribution in [3.63, 3.8) is 0 Å². The molecule has 0 bridgehead atoms. The number of phosphoric ester groups is 1. The molecule has 2 unspecified atom stereocenters. The fourth-order valence-electron chi connectivity index (χ4n) is 15.6. The predicted octanol–water partition coefficient (Wildman–Crippen LogP) is 16.8. The zero-order chi connectivity index (χ0) is 84.5. The van der Waals surface area contributed by atoms with Gasteiger partial charge < -0.3 is 53.0 Å². The van der Waals surface area contributed by atoms with Gasteiger partial charge in [-0.05, 0) is 118 Å². The minimum atomic E-state index is -4.92. The molecular formula is C89H101N13O16P2. The highest BCUT2D eigenvalue weighted by Gasteiger charge is 2.49. The Labute approximate surface area is 699 Å². The van der Waals surface area contributed by atoms with Crippen LogP contribution in [0.4, 0.5) is 16.4 Å². The van der Waals surface area contributed by atoms with E-state index in [1.165, 1.54) is 30.2 Å². The van der Waals surface area contributed by atoms with E-state index >= 15 is 4.57 Å². The molecule has 6 aromatic carbocycles. The van der Waals surface area contributed by atoms with E-state index in [-0.39, 0.29) is 122 Å². The molecule has 2 fully saturated rings. The summed E-state index contributed by atoms with van der Waals surface area (Å²) in [4.78, 5) is 82.9. The van der Waals surface area contributed by atoms with Crippen molar-refractivity contribution in [3.05, 3.63) is 216 Å². The summed E-state index contributed by atoms with van der Waals surface area (Å²) >= 11 is 0. The van der Waals surface area contributed by atoms with E-state index in [1.807, 2.05) is 115 Å². The van der Waals surface area contributed by atoms with Crippen molar-refractivity contribution in [1.82, 2.24) is 43.9 Å². The van der Waals surface area contributed by atoms with Crippen molar-refractivity contribution in [2.24, 2.45) is 17.8 Å². The third-order valence-electron chi connectivity index (χ3n) is 21.7. The molecule has 628 valence electrons. The average Bonchev–Trinajstić information content (AvgIpc) is 0.774. The molecule has 10 aromatic rings. The third kappa shape index (κ3) is 20.6. The molecule has 6 heterocycles. The van der Waals surface area contributed by atoms with Gasteiger partial charge in [-0.1, -0.05) is 157 Å². The highest BCUT2D eigenvalue weighted by molar-refractivity contribution is 7.48. The topological polar surface area (TPSA) is 349 Å². The van der Waals surface area contributed by atoms with Crippen molar-refractivity contribution in [2.75, 3.05) is 71.5 Å². The lowest BCUT2D eigenvalue weighted by Crippen LogP contribution is -2.38. The first kappa shape index (κ1) is 87.0. The van der Waals surface area contributed by atoms with Gasteiger partial charge in [0, 0.05) is 62.8 Å². The van der Waals surface area contributed by atoms with Gasteiger partial charge in [0.2, 0.25) is 5.91 Å². The maximum atomic E-state index is 16.2. The number of hydrogen-bond donors (Lipinski definition) is 2. The molecule has 3 aliphatic rings. The van der Waals surface area contributed by atoms with Gasteiger partial charge in [0.15, 0.2) is 42.3 Å². The van der Waals surface area contributed by atoms with Gasteiger partial charge in [0.1, 0.15) is 72.9 Å². The van der Waals surface area contributed by atoms with Gasteiger partial charge in [0.05, 0.1) is 84.4 Å². The Morgan fingerprint density at radius 1 is 0.625 bits per heavy atom. The summed E-state index contributed by atoms with van der Waals surface area (Å²) in [6.45, 7) is 11.8. The van der Waals surface area contributed by atoms with E-state index in [0.29, 0.717) is 65.4 Å². The second-order valence-electron chi connectivity index (χ2n) is 30.9. The smallest absolute Gasteiger partial charge is 0.475 e. The number of nitriles is 2. The molecule has 0 spiro atoms. The molecule has 13 rings (SSSR count). The van der Waals surface area contributed by atoms with Crippen LogP contribution in [0.25, 0.3) is 33.5 Å². The molecule has 31 heteroatoms. The Bertz CT molecular complexity index is 5200. The molecule has 2 N–H and O–H groups in total. The molecule has 120 heavy (non-hydrogen) atoms. The standard InChI is InChI=1S/C89H101N13O16P2/c1-57(2)27-37-65(103)38-30-60-28-31-61(32-29-60)87(105)99-84-81-86(95-54-93-84)102(56-97-81)79-49-74(75(115-79)51-111-89(62-20-11-10-12-21-62,63-33-39-66(108-8)40-34-63)64-35-41-67(109-9)42-36-64)118-120(107,113-47-19-44-91)114-52-76-73(117-119(112-46-18-43-90)82(58(3)4)59(5)6)48-78(116-76)101-55-96-80-83(92-53-94-85(80)101)98-77(104)26-17-45-100(7)88(106)110-50-72-70-24-15-13-22-68(70)69-23-14-16-25-71(69)72/h10-16,20-25,28-29,31-36,39-42,53-59,72-76,78-79,82H,17-19,26-27,30,37-38,45-52H2,1-9H3,(H,92,94,98,104)(H,93,95,99,105)/t73-,74-,75-,76-,78-,79-,119?,120?/m1/s1. The van der Waals surface area contributed by atoms with Gasteiger partial charge in [-0.2, -0.15) is 10.5 Å². The number of nitrogens with one attached hydrogen (secondary N) is 2. The lowest BCUT2D eigenvalue weighted by Gasteiger charge is -2.37. The number of Topliss-reactive ketones (excluding diaryl/α,β-unsaturated/α-hetero) is 1. The monoisotopic (exact) mass is 1670 g/mol. The third-order valence-corrected chi connectivity index (χ3v) is 25.8. The van der Waals surface area contributed by atoms with Crippen molar-refractivity contribution in [2.45, 2.75) is 160 Å². The second-order valence-corrected chi connectivity index (χ2v) is 34.2. The van der Waals surface area contributed by atoms with Gasteiger partial charge in [0.25, 0.3) is 5.91 Å². The number of aryl methyl sites for hydroxylation is 1. The number of phosphoric acid groups is 1. The zero-order valence-corrected chi connectivity index (χ0v) is 70.5. The fraction of sp³-hybridized carbons (Fsp3) is 0.416. The summed E-state index contributed by atoms with van der Waals surface area (Å²) in [5, 5.41) is 25.6. The van der Waals surface area contributed by atoms with Gasteiger partial charge in [-0.3, -0.25) is 37.1 Å². The van der Waals surface area contributed by atoms with Gasteiger partial charge in [-0.25, -0.2) is 39.3 Å². The Balaban J connectivity index is 0.772. The highest BCUT2D eigenvalue weighted by atomic mass is 31.2. The van der Waals surface area contributed by atoms with Crippen LogP contribution in [0.5, 0.6) is 11.5 Å². The number of imidazole rings is 2. The fourth-order valence-corrected chi connectivity index (χ4v) is 19.1. The largest absolute Gasteiger partial charge is 0.497 e. The zero-order valence-electron chi connectivity index (χ0n) is 68.8. The Morgan fingerprint density at radius 3 is 1.75 bits per heavy atom. The number of fused-ring (bicyclic) bond motifs is 5. The summed E-state index contributed by atoms with van der Waals surface area (Å²) in [6, 6.07) is 52.2. The number of carbonyl (C=O) groups excluding carboxylic acids is 4. The molecule has 2 aliphatic heterocycles. The van der Waals surface area contributed by atoms with Crippen LogP contribution in [0.15, 0.2) is 177 Å². The van der Waals surface area contributed by atoms with E-state index < -0.39 is 83.9 Å². The quantitative estimate of drug-likeness (QED) is 0.0204. The van der Waals surface area contributed by atoms with Crippen LogP contribution in [-0.2, 0) is 67.7 Å². The number of anilines is 2. The number of hydrogen-bond acceptors (Lipinski definition) is 24. The van der Waals surface area contributed by atoms with Gasteiger partial charge >= 0.3 is 13.9 Å². The summed E-state index contributed by atoms with van der Waals surface area (Å²) < 4.78 is 91.5. The lowest BCUT2D eigenvalue weighted by atomic mass is 9.80. The lowest BCUT2D eigenvalue weighted by molar-refractivity contribution is -0.119. The first-order valence-corrected chi connectivity index (χ1v) is 43.2. The number of ketones is 1. The number of amides is 3. The van der Waals surface area contributed by atoms with Crippen LogP contribution in [-0.4, -0.2) is 159 Å². The van der Waals surface area contributed by atoms with E-state index in [9.17, 15) is 29.7 Å². The van der Waals surface area contributed by atoms with E-state index in [4.69, 9.17) is 61.0 Å². The molecule has 29 nitrogen and oxygen atoms in total. The molecule has 0 radical (unpaired) electrons.